The lowest BCUT2D eigenvalue weighted by Crippen LogP contribution is -2.02. The highest BCUT2D eigenvalue weighted by molar-refractivity contribution is 7.00. The molecule has 3 rings (SSSR count). The molecule has 0 atom stereocenters. The molecular formula is C13H14ClN5S. The van der Waals surface area contributed by atoms with Crippen molar-refractivity contribution in [1.29, 1.82) is 0 Å². The second-order valence-corrected chi connectivity index (χ2v) is 5.47. The summed E-state index contributed by atoms with van der Waals surface area (Å²) in [6, 6.07) is 3.73. The molecule has 0 saturated carbocycles. The van der Waals surface area contributed by atoms with E-state index in [4.69, 9.17) is 11.6 Å². The first-order valence-electron chi connectivity index (χ1n) is 6.35. The molecule has 20 heavy (non-hydrogen) atoms. The van der Waals surface area contributed by atoms with Crippen molar-refractivity contribution in [2.45, 2.75) is 19.9 Å². The number of fused-ring (bicyclic) bond motifs is 1. The van der Waals surface area contributed by atoms with Crippen LogP contribution in [-0.4, -0.2) is 18.5 Å². The Balaban J connectivity index is 1.90. The van der Waals surface area contributed by atoms with Gasteiger partial charge in [-0.25, -0.2) is 0 Å². The third-order valence-electron chi connectivity index (χ3n) is 3.16. The molecule has 0 fully saturated rings. The zero-order valence-electron chi connectivity index (χ0n) is 11.2. The summed E-state index contributed by atoms with van der Waals surface area (Å²) in [7, 11) is 1.93. The van der Waals surface area contributed by atoms with Crippen LogP contribution in [0, 0.1) is 0 Å². The van der Waals surface area contributed by atoms with Gasteiger partial charge in [-0.05, 0) is 18.6 Å². The Morgan fingerprint density at radius 2 is 2.20 bits per heavy atom. The molecule has 1 aromatic carbocycles. The zero-order valence-corrected chi connectivity index (χ0v) is 12.8. The number of anilines is 1. The van der Waals surface area contributed by atoms with Crippen LogP contribution in [0.2, 0.25) is 5.02 Å². The number of nitrogens with one attached hydrogen (secondary N) is 1. The smallest absolute Gasteiger partial charge is 0.129 e. The maximum atomic E-state index is 6.26. The number of aryl methyl sites for hydroxylation is 2. The minimum absolute atomic E-state index is 0.659. The number of rotatable bonds is 4. The lowest BCUT2D eigenvalue weighted by atomic mass is 10.2. The van der Waals surface area contributed by atoms with Gasteiger partial charge >= 0.3 is 0 Å². The van der Waals surface area contributed by atoms with Gasteiger partial charge in [-0.1, -0.05) is 18.5 Å². The fraction of sp³-hybridized carbons (Fsp3) is 0.308. The third-order valence-corrected chi connectivity index (χ3v) is 4.02. The van der Waals surface area contributed by atoms with Gasteiger partial charge in [0.25, 0.3) is 0 Å². The molecule has 2 aromatic heterocycles. The average Bonchev–Trinajstić information content (AvgIpc) is 3.03. The fourth-order valence-electron chi connectivity index (χ4n) is 2.21. The van der Waals surface area contributed by atoms with Crippen LogP contribution in [-0.2, 0) is 20.0 Å². The molecule has 0 aliphatic carbocycles. The van der Waals surface area contributed by atoms with Crippen molar-refractivity contribution in [3.8, 4) is 0 Å². The van der Waals surface area contributed by atoms with Crippen LogP contribution in [0.3, 0.4) is 0 Å². The average molecular weight is 308 g/mol. The van der Waals surface area contributed by atoms with Crippen LogP contribution in [0.15, 0.2) is 18.3 Å². The van der Waals surface area contributed by atoms with E-state index in [1.54, 1.807) is 0 Å². The molecule has 2 heterocycles. The van der Waals surface area contributed by atoms with E-state index in [2.05, 4.69) is 26.1 Å². The van der Waals surface area contributed by atoms with Gasteiger partial charge in [0.2, 0.25) is 0 Å². The highest BCUT2D eigenvalue weighted by atomic mass is 35.5. The van der Waals surface area contributed by atoms with Gasteiger partial charge in [0.1, 0.15) is 11.0 Å². The topological polar surface area (TPSA) is 55.6 Å². The number of benzene rings is 1. The molecule has 0 aliphatic rings. The molecule has 0 radical (unpaired) electrons. The number of aromatic nitrogens is 4. The molecule has 5 nitrogen and oxygen atoms in total. The highest BCUT2D eigenvalue weighted by Gasteiger charge is 2.11. The quantitative estimate of drug-likeness (QED) is 0.804. The fourth-order valence-corrected chi connectivity index (χ4v) is 2.97. The van der Waals surface area contributed by atoms with E-state index < -0.39 is 0 Å². The molecule has 7 heteroatoms. The van der Waals surface area contributed by atoms with Gasteiger partial charge in [0, 0.05) is 25.4 Å². The van der Waals surface area contributed by atoms with E-state index in [0.29, 0.717) is 11.6 Å². The summed E-state index contributed by atoms with van der Waals surface area (Å²) in [5.74, 6) is 0. The zero-order chi connectivity index (χ0) is 14.1. The Morgan fingerprint density at radius 3 is 3.00 bits per heavy atom. The van der Waals surface area contributed by atoms with Gasteiger partial charge in [-0.2, -0.15) is 13.8 Å². The van der Waals surface area contributed by atoms with E-state index in [9.17, 15) is 0 Å². The van der Waals surface area contributed by atoms with Crippen molar-refractivity contribution in [3.05, 3.63) is 34.6 Å². The predicted octanol–water partition coefficient (Wildman–Crippen LogP) is 3.25. The maximum absolute atomic E-state index is 6.26. The first-order chi connectivity index (χ1) is 9.69. The lowest BCUT2D eigenvalue weighted by molar-refractivity contribution is 0.746. The summed E-state index contributed by atoms with van der Waals surface area (Å²) in [4.78, 5) is 0. The summed E-state index contributed by atoms with van der Waals surface area (Å²) >= 11 is 7.45. The molecule has 3 aromatic rings. The number of nitrogens with zero attached hydrogens (tertiary/aromatic N) is 4. The predicted molar refractivity (Wildman–Crippen MR) is 82.3 cm³/mol. The second kappa shape index (κ2) is 5.38. The summed E-state index contributed by atoms with van der Waals surface area (Å²) < 4.78 is 10.4. The number of hydrogen-bond acceptors (Lipinski definition) is 5. The van der Waals surface area contributed by atoms with Crippen molar-refractivity contribution in [3.63, 3.8) is 0 Å². The van der Waals surface area contributed by atoms with E-state index in [1.807, 2.05) is 30.1 Å². The van der Waals surface area contributed by atoms with Crippen molar-refractivity contribution in [1.82, 2.24) is 18.5 Å². The summed E-state index contributed by atoms with van der Waals surface area (Å²) in [5, 5.41) is 8.46. The largest absolute Gasteiger partial charge is 0.378 e. The normalized spacial score (nSPS) is 11.2. The van der Waals surface area contributed by atoms with Crippen LogP contribution in [0.4, 0.5) is 5.69 Å². The Morgan fingerprint density at radius 1 is 1.35 bits per heavy atom. The standard InChI is InChI=1S/C13H14ClN5S/c1-3-10-8(7-19(2)16-10)6-15-12-9(14)4-5-11-13(12)18-20-17-11/h4-5,7,15H,3,6H2,1-2H3. The monoisotopic (exact) mass is 307 g/mol. The molecule has 0 aliphatic heterocycles. The first-order valence-corrected chi connectivity index (χ1v) is 7.46. The Labute approximate surface area is 125 Å². The summed E-state index contributed by atoms with van der Waals surface area (Å²) in [6.07, 6.45) is 2.94. The summed E-state index contributed by atoms with van der Waals surface area (Å²) in [5.41, 5.74) is 4.79. The van der Waals surface area contributed by atoms with Crippen LogP contribution < -0.4 is 5.32 Å². The van der Waals surface area contributed by atoms with E-state index in [1.165, 1.54) is 17.3 Å². The Kier molecular flexibility index (Phi) is 3.58. The third kappa shape index (κ3) is 2.36. The van der Waals surface area contributed by atoms with E-state index in [0.717, 1.165) is 28.8 Å². The maximum Gasteiger partial charge on any atom is 0.129 e. The Bertz CT molecular complexity index is 748. The summed E-state index contributed by atoms with van der Waals surface area (Å²) in [6.45, 7) is 2.78. The van der Waals surface area contributed by atoms with Gasteiger partial charge in [-0.15, -0.1) is 0 Å². The van der Waals surface area contributed by atoms with Crippen molar-refractivity contribution in [2.75, 3.05) is 5.32 Å². The second-order valence-electron chi connectivity index (χ2n) is 4.54. The molecule has 0 bridgehead atoms. The van der Waals surface area contributed by atoms with Crippen LogP contribution >= 0.6 is 23.3 Å². The van der Waals surface area contributed by atoms with Gasteiger partial charge in [-0.3, -0.25) is 4.68 Å². The van der Waals surface area contributed by atoms with Crippen molar-refractivity contribution >= 4 is 40.0 Å². The molecular weight excluding hydrogens is 294 g/mol. The van der Waals surface area contributed by atoms with Gasteiger partial charge in [0.15, 0.2) is 0 Å². The van der Waals surface area contributed by atoms with E-state index >= 15 is 0 Å². The SMILES string of the molecule is CCc1nn(C)cc1CNc1c(Cl)ccc2nsnc12. The molecule has 0 amide bonds. The van der Waals surface area contributed by atoms with Crippen LogP contribution in [0.1, 0.15) is 18.2 Å². The highest BCUT2D eigenvalue weighted by Crippen LogP contribution is 2.30. The molecule has 0 spiro atoms. The number of hydrogen-bond donors (Lipinski definition) is 1. The van der Waals surface area contributed by atoms with Crippen molar-refractivity contribution in [2.24, 2.45) is 7.05 Å². The van der Waals surface area contributed by atoms with E-state index in [-0.39, 0.29) is 0 Å². The molecule has 0 unspecified atom stereocenters. The number of halogens is 1. The molecule has 1 N–H and O–H groups in total. The Hall–Kier alpha value is -1.66. The molecule has 104 valence electrons. The first kappa shape index (κ1) is 13.3. The minimum atomic E-state index is 0.659. The van der Waals surface area contributed by atoms with Crippen molar-refractivity contribution < 1.29 is 0 Å². The lowest BCUT2D eigenvalue weighted by Gasteiger charge is -2.08. The van der Waals surface area contributed by atoms with Crippen LogP contribution in [0.5, 0.6) is 0 Å². The van der Waals surface area contributed by atoms with Crippen LogP contribution in [0.25, 0.3) is 11.0 Å². The minimum Gasteiger partial charge on any atom is -0.378 e. The van der Waals surface area contributed by atoms with Gasteiger partial charge < -0.3 is 5.32 Å². The van der Waals surface area contributed by atoms with Gasteiger partial charge in [0.05, 0.1) is 28.1 Å². The molecule has 0 saturated heterocycles.